The van der Waals surface area contributed by atoms with Gasteiger partial charge in [0.05, 0.1) is 13.3 Å². The van der Waals surface area contributed by atoms with E-state index in [0.29, 0.717) is 24.3 Å². The van der Waals surface area contributed by atoms with Gasteiger partial charge in [-0.15, -0.1) is 0 Å². The molecule has 148 valence electrons. The second-order valence-corrected chi connectivity index (χ2v) is 7.03. The predicted molar refractivity (Wildman–Crippen MR) is 102 cm³/mol. The van der Waals surface area contributed by atoms with E-state index in [9.17, 15) is 9.50 Å². The Morgan fingerprint density at radius 1 is 1.30 bits per heavy atom. The molecular formula is C20H29FN4O2. The number of aromatic nitrogens is 2. The van der Waals surface area contributed by atoms with E-state index in [1.54, 1.807) is 12.1 Å². The Morgan fingerprint density at radius 3 is 2.81 bits per heavy atom. The molecule has 0 amide bonds. The Labute approximate surface area is 160 Å². The minimum Gasteiger partial charge on any atom is -0.497 e. The van der Waals surface area contributed by atoms with E-state index in [0.717, 1.165) is 32.7 Å². The number of methoxy groups -OCH3 is 1. The Hall–Kier alpha value is -1.96. The van der Waals surface area contributed by atoms with Crippen molar-refractivity contribution in [1.82, 2.24) is 19.6 Å². The van der Waals surface area contributed by atoms with E-state index in [1.807, 2.05) is 10.9 Å². The van der Waals surface area contributed by atoms with Crippen LogP contribution in [0, 0.1) is 5.82 Å². The average molecular weight is 376 g/mol. The molecule has 6 nitrogen and oxygen atoms in total. The molecule has 1 aromatic carbocycles. The number of nitrogens with zero attached hydrogens (tertiary/aromatic N) is 4. The van der Waals surface area contributed by atoms with Crippen molar-refractivity contribution in [3.63, 3.8) is 0 Å². The maximum atomic E-state index is 14.3. The van der Waals surface area contributed by atoms with Crippen molar-refractivity contribution in [3.8, 4) is 5.75 Å². The summed E-state index contributed by atoms with van der Waals surface area (Å²) in [5.74, 6) is 0.284. The zero-order valence-corrected chi connectivity index (χ0v) is 16.1. The molecule has 0 aliphatic carbocycles. The van der Waals surface area contributed by atoms with Gasteiger partial charge in [0.2, 0.25) is 0 Å². The van der Waals surface area contributed by atoms with E-state index in [1.165, 1.54) is 18.7 Å². The summed E-state index contributed by atoms with van der Waals surface area (Å²) in [6, 6.07) is 5.21. The molecule has 0 radical (unpaired) electrons. The van der Waals surface area contributed by atoms with Crippen LogP contribution in [0.25, 0.3) is 0 Å². The SMILES string of the molecule is CCn1cc(CN2CCN(Cc3ccc(OC)cc3F)C(CCO)C2)cn1. The van der Waals surface area contributed by atoms with E-state index in [2.05, 4.69) is 28.0 Å². The molecule has 1 aromatic heterocycles. The molecule has 1 aliphatic heterocycles. The third-order valence-electron chi connectivity index (χ3n) is 5.20. The van der Waals surface area contributed by atoms with Crippen LogP contribution in [0.15, 0.2) is 30.6 Å². The fraction of sp³-hybridized carbons (Fsp3) is 0.550. The minimum atomic E-state index is -0.244. The van der Waals surface area contributed by atoms with Crippen LogP contribution >= 0.6 is 0 Å². The number of aryl methyl sites for hydroxylation is 1. The van der Waals surface area contributed by atoms with E-state index in [4.69, 9.17) is 4.74 Å². The molecule has 1 saturated heterocycles. The standard InChI is InChI=1S/C20H29FN4O2/c1-3-25-13-16(11-22-25)12-23-7-8-24(18(15-23)6-9-26)14-17-4-5-19(27-2)10-20(17)21/h4-5,10-11,13,18,26H,3,6-9,12,14-15H2,1-2H3. The summed E-state index contributed by atoms with van der Waals surface area (Å²) < 4.78 is 21.3. The highest BCUT2D eigenvalue weighted by Crippen LogP contribution is 2.22. The van der Waals surface area contributed by atoms with E-state index >= 15 is 0 Å². The zero-order chi connectivity index (χ0) is 19.2. The highest BCUT2D eigenvalue weighted by molar-refractivity contribution is 5.29. The van der Waals surface area contributed by atoms with Crippen LogP contribution in [-0.2, 0) is 19.6 Å². The number of hydrogen-bond acceptors (Lipinski definition) is 5. The van der Waals surface area contributed by atoms with Gasteiger partial charge in [0.25, 0.3) is 0 Å². The zero-order valence-electron chi connectivity index (χ0n) is 16.1. The van der Waals surface area contributed by atoms with Gasteiger partial charge in [0.15, 0.2) is 0 Å². The van der Waals surface area contributed by atoms with Gasteiger partial charge in [-0.25, -0.2) is 4.39 Å². The largest absolute Gasteiger partial charge is 0.497 e. The molecule has 1 N–H and O–H groups in total. The second-order valence-electron chi connectivity index (χ2n) is 7.03. The molecule has 2 heterocycles. The van der Waals surface area contributed by atoms with Crippen LogP contribution < -0.4 is 4.74 Å². The molecule has 27 heavy (non-hydrogen) atoms. The average Bonchev–Trinajstić information content (AvgIpc) is 3.13. The van der Waals surface area contributed by atoms with Gasteiger partial charge in [-0.05, 0) is 19.4 Å². The maximum Gasteiger partial charge on any atom is 0.131 e. The Morgan fingerprint density at radius 2 is 2.15 bits per heavy atom. The number of piperazine rings is 1. The third kappa shape index (κ3) is 5.06. The lowest BCUT2D eigenvalue weighted by molar-refractivity contribution is 0.0493. The van der Waals surface area contributed by atoms with Crippen molar-refractivity contribution in [2.24, 2.45) is 0 Å². The summed E-state index contributed by atoms with van der Waals surface area (Å²) in [7, 11) is 1.54. The topological polar surface area (TPSA) is 53.8 Å². The van der Waals surface area contributed by atoms with Crippen LogP contribution in [0.4, 0.5) is 4.39 Å². The van der Waals surface area contributed by atoms with Crippen molar-refractivity contribution in [2.45, 2.75) is 39.0 Å². The van der Waals surface area contributed by atoms with Crippen LogP contribution in [0.3, 0.4) is 0 Å². The quantitative estimate of drug-likeness (QED) is 0.765. The summed E-state index contributed by atoms with van der Waals surface area (Å²) in [6.07, 6.45) is 4.69. The van der Waals surface area contributed by atoms with Crippen LogP contribution in [0.2, 0.25) is 0 Å². The first-order valence-electron chi connectivity index (χ1n) is 9.54. The molecule has 1 fully saturated rings. The van der Waals surface area contributed by atoms with Gasteiger partial charge in [0.1, 0.15) is 11.6 Å². The molecular weight excluding hydrogens is 347 g/mol. The number of halogens is 1. The molecule has 1 unspecified atom stereocenters. The Balaban J connectivity index is 1.63. The summed E-state index contributed by atoms with van der Waals surface area (Å²) in [5, 5.41) is 13.8. The number of rotatable bonds is 8. The van der Waals surface area contributed by atoms with E-state index < -0.39 is 0 Å². The van der Waals surface area contributed by atoms with Crippen molar-refractivity contribution < 1.29 is 14.2 Å². The number of ether oxygens (including phenoxy) is 1. The Kier molecular flexibility index (Phi) is 6.82. The molecule has 0 bridgehead atoms. The molecule has 0 saturated carbocycles. The summed E-state index contributed by atoms with van der Waals surface area (Å²) >= 11 is 0. The van der Waals surface area contributed by atoms with Crippen molar-refractivity contribution in [1.29, 1.82) is 0 Å². The maximum absolute atomic E-state index is 14.3. The van der Waals surface area contributed by atoms with Gasteiger partial charge < -0.3 is 9.84 Å². The van der Waals surface area contributed by atoms with Crippen molar-refractivity contribution in [2.75, 3.05) is 33.4 Å². The first kappa shape index (κ1) is 19.8. The molecule has 1 aliphatic rings. The monoisotopic (exact) mass is 376 g/mol. The highest BCUT2D eigenvalue weighted by Gasteiger charge is 2.27. The Bertz CT molecular complexity index is 737. The summed E-state index contributed by atoms with van der Waals surface area (Å²) in [5.41, 5.74) is 1.87. The molecule has 1 atom stereocenters. The lowest BCUT2D eigenvalue weighted by Gasteiger charge is -2.41. The van der Waals surface area contributed by atoms with Gasteiger partial charge in [-0.1, -0.05) is 6.07 Å². The molecule has 3 rings (SSSR count). The first-order valence-corrected chi connectivity index (χ1v) is 9.54. The van der Waals surface area contributed by atoms with Gasteiger partial charge in [-0.3, -0.25) is 14.5 Å². The van der Waals surface area contributed by atoms with Crippen LogP contribution in [0.1, 0.15) is 24.5 Å². The summed E-state index contributed by atoms with van der Waals surface area (Å²) in [6.45, 7) is 7.09. The fourth-order valence-corrected chi connectivity index (χ4v) is 3.65. The van der Waals surface area contributed by atoms with Crippen molar-refractivity contribution >= 4 is 0 Å². The molecule has 0 spiro atoms. The second kappa shape index (κ2) is 9.30. The highest BCUT2D eigenvalue weighted by atomic mass is 19.1. The lowest BCUT2D eigenvalue weighted by Crippen LogP contribution is -2.52. The molecule has 2 aromatic rings. The normalized spacial score (nSPS) is 18.7. The number of aliphatic hydroxyl groups excluding tert-OH is 1. The first-order chi connectivity index (χ1) is 13.1. The van der Waals surface area contributed by atoms with Crippen LogP contribution in [-0.4, -0.2) is 64.1 Å². The number of aliphatic hydroxyl groups is 1. The van der Waals surface area contributed by atoms with Crippen molar-refractivity contribution in [3.05, 3.63) is 47.5 Å². The summed E-state index contributed by atoms with van der Waals surface area (Å²) in [4.78, 5) is 4.66. The van der Waals surface area contributed by atoms with Gasteiger partial charge in [-0.2, -0.15) is 5.10 Å². The number of benzene rings is 1. The fourth-order valence-electron chi connectivity index (χ4n) is 3.65. The smallest absolute Gasteiger partial charge is 0.131 e. The van der Waals surface area contributed by atoms with Gasteiger partial charge >= 0.3 is 0 Å². The minimum absolute atomic E-state index is 0.133. The van der Waals surface area contributed by atoms with E-state index in [-0.39, 0.29) is 18.5 Å². The molecule has 7 heteroatoms. The number of hydrogen-bond donors (Lipinski definition) is 1. The third-order valence-corrected chi connectivity index (χ3v) is 5.20. The predicted octanol–water partition coefficient (Wildman–Crippen LogP) is 2.12. The van der Waals surface area contributed by atoms with Crippen LogP contribution in [0.5, 0.6) is 5.75 Å². The lowest BCUT2D eigenvalue weighted by atomic mass is 10.1. The van der Waals surface area contributed by atoms with Gasteiger partial charge in [0, 0.05) is 75.3 Å².